The van der Waals surface area contributed by atoms with E-state index in [0.29, 0.717) is 10.8 Å². The molecule has 0 aliphatic carbocycles. The highest BCUT2D eigenvalue weighted by molar-refractivity contribution is 7.05. The van der Waals surface area contributed by atoms with Crippen molar-refractivity contribution in [1.29, 1.82) is 0 Å². The first-order valence-electron chi connectivity index (χ1n) is 6.48. The quantitative estimate of drug-likeness (QED) is 0.611. The van der Waals surface area contributed by atoms with Gasteiger partial charge in [-0.2, -0.15) is 4.37 Å². The van der Waals surface area contributed by atoms with E-state index in [4.69, 9.17) is 9.47 Å². The van der Waals surface area contributed by atoms with Crippen molar-refractivity contribution in [3.63, 3.8) is 0 Å². The number of nitrogens with zero attached hydrogens (tertiary/aromatic N) is 2. The van der Waals surface area contributed by atoms with Crippen molar-refractivity contribution in [2.45, 2.75) is 46.0 Å². The van der Waals surface area contributed by atoms with Crippen LogP contribution in [0, 0.1) is 0 Å². The Morgan fingerprint density at radius 2 is 1.65 bits per heavy atom. The minimum Gasteiger partial charge on any atom is -0.465 e. The van der Waals surface area contributed by atoms with Crippen LogP contribution in [0.5, 0.6) is 0 Å². The number of carbonyl (C=O) groups excluding carboxylic acids is 2. The second-order valence-corrected chi connectivity index (χ2v) is 5.93. The van der Waals surface area contributed by atoms with E-state index in [0.717, 1.165) is 11.5 Å². The normalized spacial score (nSPS) is 11.5. The van der Waals surface area contributed by atoms with Crippen LogP contribution in [0.25, 0.3) is 0 Å². The lowest BCUT2D eigenvalue weighted by Gasteiger charge is -2.13. The van der Waals surface area contributed by atoms with Crippen LogP contribution >= 0.6 is 11.5 Å². The molecule has 0 atom stereocenters. The van der Waals surface area contributed by atoms with E-state index < -0.39 is 17.9 Å². The summed E-state index contributed by atoms with van der Waals surface area (Å²) in [6, 6.07) is 0. The molecule has 112 valence electrons. The molecule has 0 N–H and O–H groups in total. The molecule has 0 aliphatic rings. The maximum Gasteiger partial charge on any atom is 0.327 e. The van der Waals surface area contributed by atoms with Crippen LogP contribution in [-0.4, -0.2) is 34.5 Å². The van der Waals surface area contributed by atoms with Gasteiger partial charge in [-0.25, -0.2) is 4.98 Å². The average molecular weight is 300 g/mol. The fourth-order valence-electron chi connectivity index (χ4n) is 1.41. The summed E-state index contributed by atoms with van der Waals surface area (Å²) in [6.45, 7) is 9.63. The second kappa shape index (κ2) is 6.78. The third-order valence-corrected chi connectivity index (χ3v) is 3.18. The zero-order chi connectivity index (χ0) is 15.3. The summed E-state index contributed by atoms with van der Waals surface area (Å²) >= 11 is 1.03. The lowest BCUT2D eigenvalue weighted by atomic mass is 9.96. The van der Waals surface area contributed by atoms with Gasteiger partial charge in [-0.15, -0.1) is 0 Å². The lowest BCUT2D eigenvalue weighted by Crippen LogP contribution is -2.26. The zero-order valence-corrected chi connectivity index (χ0v) is 13.2. The summed E-state index contributed by atoms with van der Waals surface area (Å²) in [5.41, 5.74) is -0.247. The summed E-state index contributed by atoms with van der Waals surface area (Å²) in [5, 5.41) is 0.312. The van der Waals surface area contributed by atoms with Crippen molar-refractivity contribution in [2.75, 3.05) is 13.2 Å². The van der Waals surface area contributed by atoms with Gasteiger partial charge in [0.05, 0.1) is 13.2 Å². The van der Waals surface area contributed by atoms with Crippen molar-refractivity contribution < 1.29 is 19.1 Å². The largest absolute Gasteiger partial charge is 0.465 e. The molecule has 0 saturated heterocycles. The van der Waals surface area contributed by atoms with Gasteiger partial charge in [-0.05, 0) is 25.4 Å². The highest BCUT2D eigenvalue weighted by Crippen LogP contribution is 2.26. The first-order valence-corrected chi connectivity index (χ1v) is 7.26. The highest BCUT2D eigenvalue weighted by Gasteiger charge is 2.35. The number of rotatable bonds is 5. The number of carbonyl (C=O) groups is 2. The van der Waals surface area contributed by atoms with Crippen molar-refractivity contribution in [3.05, 3.63) is 10.8 Å². The smallest absolute Gasteiger partial charge is 0.327 e. The second-order valence-electron chi connectivity index (χ2n) is 5.14. The van der Waals surface area contributed by atoms with E-state index in [1.54, 1.807) is 13.8 Å². The predicted octanol–water partition coefficient (Wildman–Crippen LogP) is 2.05. The number of aromatic nitrogens is 2. The Labute approximate surface area is 122 Å². The zero-order valence-electron chi connectivity index (χ0n) is 12.4. The minimum atomic E-state index is -1.15. The number of hydrogen-bond donors (Lipinski definition) is 0. The number of esters is 2. The highest BCUT2D eigenvalue weighted by atomic mass is 32.1. The van der Waals surface area contributed by atoms with E-state index in [-0.39, 0.29) is 18.6 Å². The van der Waals surface area contributed by atoms with E-state index >= 15 is 0 Å². The van der Waals surface area contributed by atoms with E-state index in [2.05, 4.69) is 9.36 Å². The summed E-state index contributed by atoms with van der Waals surface area (Å²) in [5.74, 6) is -1.86. The van der Waals surface area contributed by atoms with E-state index in [1.807, 2.05) is 20.8 Å². The van der Waals surface area contributed by atoms with Crippen LogP contribution in [-0.2, 0) is 24.5 Å². The Bertz CT molecular complexity index is 461. The van der Waals surface area contributed by atoms with Crippen LogP contribution in [0.1, 0.15) is 51.4 Å². The molecule has 1 heterocycles. The lowest BCUT2D eigenvalue weighted by molar-refractivity contribution is -0.156. The van der Waals surface area contributed by atoms with Gasteiger partial charge in [0.25, 0.3) is 0 Å². The van der Waals surface area contributed by atoms with Crippen LogP contribution in [0.3, 0.4) is 0 Å². The molecule has 6 nitrogen and oxygen atoms in total. The van der Waals surface area contributed by atoms with Crippen molar-refractivity contribution in [1.82, 2.24) is 9.36 Å². The summed E-state index contributed by atoms with van der Waals surface area (Å²) in [6.07, 6.45) is 0. The molecule has 0 aromatic carbocycles. The number of hydrogen-bond acceptors (Lipinski definition) is 7. The fraction of sp³-hybridized carbons (Fsp3) is 0.692. The third kappa shape index (κ3) is 4.00. The molecule has 7 heteroatoms. The molecule has 0 saturated carbocycles. The molecule has 0 amide bonds. The molecule has 1 aromatic heterocycles. The molecule has 0 unspecified atom stereocenters. The first kappa shape index (κ1) is 16.6. The standard InChI is InChI=1S/C13H20N2O4S/c1-6-18-10(16)8(11(17)19-7-2)9-14-12(15-20-9)13(3,4)5/h8H,6-7H2,1-5H3. The van der Waals surface area contributed by atoms with Gasteiger partial charge >= 0.3 is 11.9 Å². The van der Waals surface area contributed by atoms with Gasteiger partial charge in [0, 0.05) is 5.41 Å². The van der Waals surface area contributed by atoms with Crippen LogP contribution in [0.15, 0.2) is 0 Å². The van der Waals surface area contributed by atoms with Gasteiger partial charge in [-0.3, -0.25) is 9.59 Å². The average Bonchev–Trinajstić information content (AvgIpc) is 2.79. The Kier molecular flexibility index (Phi) is 5.62. The Hall–Kier alpha value is -1.50. The topological polar surface area (TPSA) is 78.4 Å². The van der Waals surface area contributed by atoms with Gasteiger partial charge < -0.3 is 9.47 Å². The molecule has 20 heavy (non-hydrogen) atoms. The third-order valence-electron chi connectivity index (χ3n) is 2.40. The summed E-state index contributed by atoms with van der Waals surface area (Å²) in [4.78, 5) is 28.2. The van der Waals surface area contributed by atoms with Gasteiger partial charge in [0.2, 0.25) is 5.92 Å². The first-order chi connectivity index (χ1) is 9.31. The summed E-state index contributed by atoms with van der Waals surface area (Å²) in [7, 11) is 0. The Morgan fingerprint density at radius 3 is 2.00 bits per heavy atom. The van der Waals surface area contributed by atoms with Crippen LogP contribution in [0.2, 0.25) is 0 Å². The van der Waals surface area contributed by atoms with Crippen LogP contribution < -0.4 is 0 Å². The fourth-order valence-corrected chi connectivity index (χ4v) is 2.33. The Balaban J connectivity index is 3.07. The molecule has 1 rings (SSSR count). The van der Waals surface area contributed by atoms with E-state index in [9.17, 15) is 9.59 Å². The Morgan fingerprint density at radius 1 is 1.15 bits per heavy atom. The molecule has 0 spiro atoms. The molecule has 0 radical (unpaired) electrons. The minimum absolute atomic E-state index is 0.194. The van der Waals surface area contributed by atoms with Crippen molar-refractivity contribution in [2.24, 2.45) is 0 Å². The summed E-state index contributed by atoms with van der Waals surface area (Å²) < 4.78 is 14.0. The molecule has 0 aliphatic heterocycles. The predicted molar refractivity (Wildman–Crippen MR) is 74.6 cm³/mol. The molecule has 1 aromatic rings. The monoisotopic (exact) mass is 300 g/mol. The molecule has 0 bridgehead atoms. The molecular formula is C13H20N2O4S. The SMILES string of the molecule is CCOC(=O)C(C(=O)OCC)c1nc(C(C)(C)C)ns1. The van der Waals surface area contributed by atoms with Gasteiger partial charge in [-0.1, -0.05) is 20.8 Å². The molecular weight excluding hydrogens is 280 g/mol. The van der Waals surface area contributed by atoms with Crippen LogP contribution in [0.4, 0.5) is 0 Å². The van der Waals surface area contributed by atoms with Crippen molar-refractivity contribution in [3.8, 4) is 0 Å². The molecule has 0 fully saturated rings. The van der Waals surface area contributed by atoms with Gasteiger partial charge in [0.15, 0.2) is 0 Å². The van der Waals surface area contributed by atoms with E-state index in [1.165, 1.54) is 0 Å². The van der Waals surface area contributed by atoms with Crippen molar-refractivity contribution >= 4 is 23.5 Å². The number of ether oxygens (including phenoxy) is 2. The maximum atomic E-state index is 11.9. The maximum absolute atomic E-state index is 11.9. The van der Waals surface area contributed by atoms with Gasteiger partial charge in [0.1, 0.15) is 10.8 Å².